The van der Waals surface area contributed by atoms with Crippen molar-refractivity contribution in [1.82, 2.24) is 9.47 Å². The second-order valence-electron chi connectivity index (χ2n) is 7.28. The summed E-state index contributed by atoms with van der Waals surface area (Å²) >= 11 is 0. The van der Waals surface area contributed by atoms with Crippen LogP contribution in [0.1, 0.15) is 43.3 Å². The van der Waals surface area contributed by atoms with Crippen molar-refractivity contribution in [3.05, 3.63) is 47.7 Å². The summed E-state index contributed by atoms with van der Waals surface area (Å²) in [6.45, 7) is 4.60. The van der Waals surface area contributed by atoms with Crippen LogP contribution in [0, 0.1) is 5.41 Å². The van der Waals surface area contributed by atoms with Crippen LogP contribution >= 0.6 is 0 Å². The molecule has 3 nitrogen and oxygen atoms in total. The Kier molecular flexibility index (Phi) is 2.83. The van der Waals surface area contributed by atoms with E-state index in [0.29, 0.717) is 6.04 Å². The molecule has 0 fully saturated rings. The Hall–Kier alpha value is -1.58. The van der Waals surface area contributed by atoms with E-state index in [-0.39, 0.29) is 11.6 Å². The molecule has 4 heterocycles. The number of fused-ring (bicyclic) bond motifs is 3. The molecule has 0 aliphatic carbocycles. The van der Waals surface area contributed by atoms with Crippen LogP contribution in [-0.4, -0.2) is 29.7 Å². The molecule has 0 radical (unpaired) electrons. The first-order valence-electron chi connectivity index (χ1n) is 8.85. The number of ether oxygens (including phenoxy) is 1. The highest BCUT2D eigenvalue weighted by Crippen LogP contribution is 2.57. The second kappa shape index (κ2) is 4.71. The highest BCUT2D eigenvalue weighted by atomic mass is 16.5. The van der Waals surface area contributed by atoms with Crippen molar-refractivity contribution in [2.75, 3.05) is 20.2 Å². The van der Waals surface area contributed by atoms with Crippen molar-refractivity contribution in [2.24, 2.45) is 5.41 Å². The zero-order valence-corrected chi connectivity index (χ0v) is 14.0. The molecule has 3 aliphatic rings. The number of benzene rings is 1. The van der Waals surface area contributed by atoms with E-state index in [1.807, 2.05) is 7.11 Å². The average molecular weight is 308 g/mol. The molecule has 0 N–H and O–H groups in total. The van der Waals surface area contributed by atoms with Gasteiger partial charge in [0, 0.05) is 43.1 Å². The van der Waals surface area contributed by atoms with Crippen molar-refractivity contribution in [3.8, 4) is 0 Å². The third-order valence-corrected chi connectivity index (χ3v) is 6.44. The topological polar surface area (TPSA) is 17.4 Å². The van der Waals surface area contributed by atoms with E-state index >= 15 is 0 Å². The Balaban J connectivity index is 1.87. The van der Waals surface area contributed by atoms with Gasteiger partial charge in [0.1, 0.15) is 6.23 Å². The van der Waals surface area contributed by atoms with Crippen LogP contribution in [0.15, 0.2) is 36.4 Å². The van der Waals surface area contributed by atoms with Crippen LogP contribution in [0.5, 0.6) is 0 Å². The summed E-state index contributed by atoms with van der Waals surface area (Å²) in [7, 11) is 1.86. The van der Waals surface area contributed by atoms with E-state index in [2.05, 4.69) is 52.8 Å². The molecule has 3 atom stereocenters. The average Bonchev–Trinajstić information content (AvgIpc) is 2.95. The third-order valence-electron chi connectivity index (χ3n) is 6.44. The third kappa shape index (κ3) is 1.62. The summed E-state index contributed by atoms with van der Waals surface area (Å²) in [4.78, 5) is 2.69. The maximum absolute atomic E-state index is 5.98. The maximum atomic E-state index is 5.98. The van der Waals surface area contributed by atoms with E-state index in [1.165, 1.54) is 29.6 Å². The van der Waals surface area contributed by atoms with Crippen molar-refractivity contribution in [2.45, 2.75) is 38.5 Å². The van der Waals surface area contributed by atoms with Gasteiger partial charge in [0.25, 0.3) is 0 Å². The number of nitrogens with zero attached hydrogens (tertiary/aromatic N) is 2. The molecule has 5 rings (SSSR count). The zero-order chi connectivity index (χ0) is 15.6. The Morgan fingerprint density at radius 1 is 1.30 bits per heavy atom. The lowest BCUT2D eigenvalue weighted by Gasteiger charge is -2.54. The van der Waals surface area contributed by atoms with Crippen molar-refractivity contribution < 1.29 is 4.74 Å². The molecule has 23 heavy (non-hydrogen) atoms. The minimum Gasteiger partial charge on any atom is -0.361 e. The van der Waals surface area contributed by atoms with Gasteiger partial charge in [0.2, 0.25) is 0 Å². The van der Waals surface area contributed by atoms with Gasteiger partial charge in [-0.15, -0.1) is 0 Å². The van der Waals surface area contributed by atoms with E-state index < -0.39 is 0 Å². The van der Waals surface area contributed by atoms with E-state index in [0.717, 1.165) is 19.4 Å². The van der Waals surface area contributed by atoms with Crippen molar-refractivity contribution in [1.29, 1.82) is 0 Å². The van der Waals surface area contributed by atoms with Gasteiger partial charge in [0.15, 0.2) is 0 Å². The molecule has 0 bridgehead atoms. The largest absolute Gasteiger partial charge is 0.361 e. The lowest BCUT2D eigenvalue weighted by atomic mass is 9.67. The first-order chi connectivity index (χ1) is 11.3. The highest BCUT2D eigenvalue weighted by Gasteiger charge is 2.51. The lowest BCUT2D eigenvalue weighted by molar-refractivity contribution is -0.0530. The number of hydrogen-bond acceptors (Lipinski definition) is 2. The Morgan fingerprint density at radius 2 is 2.17 bits per heavy atom. The molecule has 3 heteroatoms. The first kappa shape index (κ1) is 13.8. The Bertz CT molecular complexity index is 805. The lowest BCUT2D eigenvalue weighted by Crippen LogP contribution is -2.51. The molecule has 120 valence electrons. The summed E-state index contributed by atoms with van der Waals surface area (Å²) < 4.78 is 8.49. The van der Waals surface area contributed by atoms with Gasteiger partial charge in [-0.05, 0) is 24.5 Å². The molecular formula is C20H24N2O. The number of aromatic nitrogens is 1. The smallest absolute Gasteiger partial charge is 0.134 e. The quantitative estimate of drug-likeness (QED) is 0.779. The molecule has 3 aliphatic heterocycles. The molecule has 1 aromatic heterocycles. The Morgan fingerprint density at radius 3 is 3.00 bits per heavy atom. The van der Waals surface area contributed by atoms with Gasteiger partial charge in [-0.2, -0.15) is 0 Å². The SMILES string of the molecule is CC[C@]12C=CCN3CCc4c(n(c5ccccc45)[C@H](OC)C1)[C@@H]32. The molecule has 0 spiro atoms. The number of para-hydroxylation sites is 1. The summed E-state index contributed by atoms with van der Waals surface area (Å²) in [6.07, 6.45) is 8.42. The van der Waals surface area contributed by atoms with E-state index in [4.69, 9.17) is 4.74 Å². The number of methoxy groups -OCH3 is 1. The minimum absolute atomic E-state index is 0.141. The van der Waals surface area contributed by atoms with Crippen molar-refractivity contribution >= 4 is 10.9 Å². The fourth-order valence-corrected chi connectivity index (χ4v) is 5.37. The molecule has 0 saturated carbocycles. The zero-order valence-electron chi connectivity index (χ0n) is 14.0. The highest BCUT2D eigenvalue weighted by molar-refractivity contribution is 5.86. The van der Waals surface area contributed by atoms with Crippen molar-refractivity contribution in [3.63, 3.8) is 0 Å². The molecule has 0 amide bonds. The normalized spacial score (nSPS) is 32.3. The maximum Gasteiger partial charge on any atom is 0.134 e. The van der Waals surface area contributed by atoms with Gasteiger partial charge in [-0.25, -0.2) is 0 Å². The fourth-order valence-electron chi connectivity index (χ4n) is 5.37. The van der Waals surface area contributed by atoms with Gasteiger partial charge in [-0.3, -0.25) is 4.90 Å². The molecule has 1 aromatic carbocycles. The second-order valence-corrected chi connectivity index (χ2v) is 7.28. The van der Waals surface area contributed by atoms with Gasteiger partial charge in [0.05, 0.1) is 11.6 Å². The van der Waals surface area contributed by atoms with Gasteiger partial charge < -0.3 is 9.30 Å². The Labute approximate surface area is 137 Å². The van der Waals surface area contributed by atoms with Gasteiger partial charge in [-0.1, -0.05) is 37.3 Å². The predicted molar refractivity (Wildman–Crippen MR) is 92.5 cm³/mol. The van der Waals surface area contributed by atoms with Crippen LogP contribution < -0.4 is 0 Å². The molecule has 0 saturated heterocycles. The fraction of sp³-hybridized carbons (Fsp3) is 0.500. The van der Waals surface area contributed by atoms with Gasteiger partial charge >= 0.3 is 0 Å². The van der Waals surface area contributed by atoms with E-state index in [1.54, 1.807) is 5.56 Å². The summed E-state index contributed by atoms with van der Waals surface area (Å²) in [5.74, 6) is 0. The summed E-state index contributed by atoms with van der Waals surface area (Å²) in [6, 6.07) is 9.41. The predicted octanol–water partition coefficient (Wildman–Crippen LogP) is 4.06. The molecule has 0 unspecified atom stereocenters. The monoisotopic (exact) mass is 308 g/mol. The summed E-state index contributed by atoms with van der Waals surface area (Å²) in [5, 5.41) is 1.44. The van der Waals surface area contributed by atoms with Crippen LogP contribution in [-0.2, 0) is 11.2 Å². The number of hydrogen-bond donors (Lipinski definition) is 0. The van der Waals surface area contributed by atoms with Crippen LogP contribution in [0.4, 0.5) is 0 Å². The summed E-state index contributed by atoms with van der Waals surface area (Å²) in [5.41, 5.74) is 4.67. The van der Waals surface area contributed by atoms with Crippen LogP contribution in [0.2, 0.25) is 0 Å². The van der Waals surface area contributed by atoms with Crippen LogP contribution in [0.25, 0.3) is 10.9 Å². The number of rotatable bonds is 2. The van der Waals surface area contributed by atoms with E-state index in [9.17, 15) is 0 Å². The first-order valence-corrected chi connectivity index (χ1v) is 8.85. The molecule has 2 aromatic rings. The minimum atomic E-state index is 0.141. The molecular weight excluding hydrogens is 284 g/mol. The standard InChI is InChI=1S/C20H24N2O/c1-3-20-10-6-11-21-12-9-15-14-7-4-5-8-16(14)22(17(13-20)23-2)18(15)19(20)21/h4-8,10,17,19H,3,9,11-13H2,1-2H3/t17-,19-,20+/m1/s1. The van der Waals surface area contributed by atoms with Crippen LogP contribution in [0.3, 0.4) is 0 Å².